The van der Waals surface area contributed by atoms with Crippen LogP contribution in [0.4, 0.5) is 0 Å². The molecule has 0 atom stereocenters. The predicted octanol–water partition coefficient (Wildman–Crippen LogP) is 3.74. The molecule has 0 unspecified atom stereocenters. The molecule has 0 radical (unpaired) electrons. The Labute approximate surface area is 124 Å². The van der Waals surface area contributed by atoms with Gasteiger partial charge in [-0.2, -0.15) is 0 Å². The van der Waals surface area contributed by atoms with E-state index in [9.17, 15) is 4.79 Å². The lowest BCUT2D eigenvalue weighted by Crippen LogP contribution is -2.01. The molecule has 4 heteroatoms. The summed E-state index contributed by atoms with van der Waals surface area (Å²) < 4.78 is 5.48. The van der Waals surface area contributed by atoms with Crippen LogP contribution in [-0.4, -0.2) is 22.7 Å². The van der Waals surface area contributed by atoms with Gasteiger partial charge < -0.3 is 14.8 Å². The maximum Gasteiger partial charge on any atom is 0.303 e. The predicted molar refractivity (Wildman–Crippen MR) is 83.3 cm³/mol. The van der Waals surface area contributed by atoms with Gasteiger partial charge in [0.2, 0.25) is 0 Å². The average molecular weight is 285 g/mol. The van der Waals surface area contributed by atoms with Crippen LogP contribution in [0.15, 0.2) is 36.5 Å². The van der Waals surface area contributed by atoms with Crippen LogP contribution < -0.4 is 4.74 Å². The number of aromatic nitrogens is 1. The molecule has 0 saturated carbocycles. The number of H-pyrrole nitrogens is 1. The second kappa shape index (κ2) is 7.33. The number of aliphatic carboxylic acids is 1. The second-order valence-corrected chi connectivity index (χ2v) is 4.88. The van der Waals surface area contributed by atoms with Crippen LogP contribution in [-0.2, 0) is 4.79 Å². The fourth-order valence-corrected chi connectivity index (χ4v) is 1.90. The van der Waals surface area contributed by atoms with Gasteiger partial charge in [-0.15, -0.1) is 0 Å². The van der Waals surface area contributed by atoms with Crippen LogP contribution in [0.25, 0.3) is 12.2 Å². The fourth-order valence-electron chi connectivity index (χ4n) is 1.90. The van der Waals surface area contributed by atoms with Crippen LogP contribution in [0.3, 0.4) is 0 Å². The summed E-state index contributed by atoms with van der Waals surface area (Å²) in [4.78, 5) is 13.6. The summed E-state index contributed by atoms with van der Waals surface area (Å²) in [6, 6.07) is 9.80. The molecule has 0 bridgehead atoms. The summed E-state index contributed by atoms with van der Waals surface area (Å²) >= 11 is 0. The number of carboxylic acid groups (broad SMARTS) is 1. The molecule has 0 aliphatic heterocycles. The first-order chi connectivity index (χ1) is 10.1. The van der Waals surface area contributed by atoms with Gasteiger partial charge in [0, 0.05) is 18.3 Å². The zero-order valence-electron chi connectivity index (χ0n) is 12.0. The number of carboxylic acids is 1. The van der Waals surface area contributed by atoms with E-state index in [-0.39, 0.29) is 6.42 Å². The fraction of sp³-hybridized carbons (Fsp3) is 0.235. The number of rotatable bonds is 7. The van der Waals surface area contributed by atoms with Gasteiger partial charge in [0.05, 0.1) is 6.61 Å². The first kappa shape index (κ1) is 14.9. The summed E-state index contributed by atoms with van der Waals surface area (Å²) in [5.74, 6) is -0.0353. The third kappa shape index (κ3) is 5.18. The van der Waals surface area contributed by atoms with Gasteiger partial charge in [-0.1, -0.05) is 18.2 Å². The third-order valence-corrected chi connectivity index (χ3v) is 2.99. The highest BCUT2D eigenvalue weighted by molar-refractivity contribution is 5.68. The minimum atomic E-state index is -0.793. The van der Waals surface area contributed by atoms with Crippen LogP contribution in [0.5, 0.6) is 5.75 Å². The summed E-state index contributed by atoms with van der Waals surface area (Å²) in [6.07, 6.45) is 6.67. The van der Waals surface area contributed by atoms with E-state index < -0.39 is 5.97 Å². The van der Waals surface area contributed by atoms with Crippen LogP contribution in [0.1, 0.15) is 29.7 Å². The number of carbonyl (C=O) groups is 1. The van der Waals surface area contributed by atoms with Crippen molar-refractivity contribution in [2.75, 3.05) is 6.61 Å². The first-order valence-electron chi connectivity index (χ1n) is 6.91. The number of hydrogen-bond donors (Lipinski definition) is 2. The number of ether oxygens (including phenoxy) is 1. The lowest BCUT2D eigenvalue weighted by Gasteiger charge is -2.05. The molecule has 110 valence electrons. The number of aromatic amines is 1. The minimum absolute atomic E-state index is 0.135. The van der Waals surface area contributed by atoms with Gasteiger partial charge >= 0.3 is 5.97 Å². The van der Waals surface area contributed by atoms with Crippen LogP contribution >= 0.6 is 0 Å². The van der Waals surface area contributed by atoms with Gasteiger partial charge in [0.15, 0.2) is 0 Å². The zero-order valence-corrected chi connectivity index (χ0v) is 12.0. The van der Waals surface area contributed by atoms with Crippen molar-refractivity contribution in [3.8, 4) is 5.75 Å². The molecule has 0 amide bonds. The molecule has 1 heterocycles. The Bertz CT molecular complexity index is 611. The highest BCUT2D eigenvalue weighted by Gasteiger charge is 1.98. The van der Waals surface area contributed by atoms with Gasteiger partial charge in [0.25, 0.3) is 0 Å². The number of aryl methyl sites for hydroxylation is 1. The number of nitrogens with one attached hydrogen (secondary N) is 1. The smallest absolute Gasteiger partial charge is 0.303 e. The maximum absolute atomic E-state index is 10.4. The van der Waals surface area contributed by atoms with E-state index >= 15 is 0 Å². The van der Waals surface area contributed by atoms with Gasteiger partial charge in [-0.3, -0.25) is 4.79 Å². The molecule has 0 saturated heterocycles. The van der Waals surface area contributed by atoms with Gasteiger partial charge in [0.1, 0.15) is 5.75 Å². The topological polar surface area (TPSA) is 62.3 Å². The van der Waals surface area contributed by atoms with E-state index in [1.807, 2.05) is 49.5 Å². The Balaban J connectivity index is 1.84. The van der Waals surface area contributed by atoms with Gasteiger partial charge in [-0.25, -0.2) is 0 Å². The van der Waals surface area contributed by atoms with Crippen molar-refractivity contribution >= 4 is 18.1 Å². The SMILES string of the molecule is Cc1c[nH]c(/C=C/c2ccc(OCCCC(=O)O)cc2)c1. The molecule has 0 fully saturated rings. The summed E-state index contributed by atoms with van der Waals surface area (Å²) in [7, 11) is 0. The molecular formula is C17H19NO3. The van der Waals surface area contributed by atoms with Crippen molar-refractivity contribution in [1.29, 1.82) is 0 Å². The largest absolute Gasteiger partial charge is 0.494 e. The van der Waals surface area contributed by atoms with Crippen molar-refractivity contribution in [1.82, 2.24) is 4.98 Å². The minimum Gasteiger partial charge on any atom is -0.494 e. The molecule has 0 aliphatic carbocycles. The summed E-state index contributed by atoms with van der Waals surface area (Å²) in [5, 5.41) is 8.54. The summed E-state index contributed by atoms with van der Waals surface area (Å²) in [6.45, 7) is 2.47. The van der Waals surface area contributed by atoms with E-state index in [1.165, 1.54) is 5.56 Å². The van der Waals surface area contributed by atoms with E-state index in [1.54, 1.807) is 0 Å². The van der Waals surface area contributed by atoms with Crippen molar-refractivity contribution in [2.45, 2.75) is 19.8 Å². The quantitative estimate of drug-likeness (QED) is 0.762. The van der Waals surface area contributed by atoms with Crippen molar-refractivity contribution < 1.29 is 14.6 Å². The van der Waals surface area contributed by atoms with Crippen molar-refractivity contribution in [2.24, 2.45) is 0 Å². The van der Waals surface area contributed by atoms with Gasteiger partial charge in [-0.05, 0) is 48.7 Å². The lowest BCUT2D eigenvalue weighted by atomic mass is 10.2. The third-order valence-electron chi connectivity index (χ3n) is 2.99. The Hall–Kier alpha value is -2.49. The Kier molecular flexibility index (Phi) is 5.21. The summed E-state index contributed by atoms with van der Waals surface area (Å²) in [5.41, 5.74) is 3.36. The normalized spacial score (nSPS) is 10.9. The monoisotopic (exact) mass is 285 g/mol. The standard InChI is InChI=1S/C17H19NO3/c1-13-11-15(18-12-13)7-4-14-5-8-16(9-6-14)21-10-2-3-17(19)20/h4-9,11-12,18H,2-3,10H2,1H3,(H,19,20)/b7-4+. The first-order valence-corrected chi connectivity index (χ1v) is 6.91. The molecule has 4 nitrogen and oxygen atoms in total. The molecular weight excluding hydrogens is 266 g/mol. The molecule has 0 spiro atoms. The molecule has 1 aromatic heterocycles. The molecule has 2 N–H and O–H groups in total. The molecule has 21 heavy (non-hydrogen) atoms. The van der Waals surface area contributed by atoms with Crippen LogP contribution in [0.2, 0.25) is 0 Å². The highest BCUT2D eigenvalue weighted by Crippen LogP contribution is 2.15. The van der Waals surface area contributed by atoms with E-state index in [2.05, 4.69) is 11.1 Å². The maximum atomic E-state index is 10.4. The molecule has 0 aliphatic rings. The molecule has 2 rings (SSSR count). The molecule has 2 aromatic rings. The Morgan fingerprint density at radius 1 is 1.29 bits per heavy atom. The molecule has 1 aromatic carbocycles. The number of benzene rings is 1. The van der Waals surface area contributed by atoms with E-state index in [0.29, 0.717) is 13.0 Å². The van der Waals surface area contributed by atoms with E-state index in [0.717, 1.165) is 17.0 Å². The van der Waals surface area contributed by atoms with E-state index in [4.69, 9.17) is 9.84 Å². The van der Waals surface area contributed by atoms with Crippen LogP contribution in [0, 0.1) is 6.92 Å². The number of hydrogen-bond acceptors (Lipinski definition) is 2. The average Bonchev–Trinajstić information content (AvgIpc) is 2.88. The Morgan fingerprint density at radius 3 is 2.67 bits per heavy atom. The second-order valence-electron chi connectivity index (χ2n) is 4.88. The van der Waals surface area contributed by atoms with Crippen molar-refractivity contribution in [3.63, 3.8) is 0 Å². The lowest BCUT2D eigenvalue weighted by molar-refractivity contribution is -0.137. The zero-order chi connectivity index (χ0) is 15.1. The van der Waals surface area contributed by atoms with Crippen molar-refractivity contribution in [3.05, 3.63) is 53.3 Å². The Morgan fingerprint density at radius 2 is 2.05 bits per heavy atom. The highest BCUT2D eigenvalue weighted by atomic mass is 16.5.